The Kier molecular flexibility index (Phi) is 7.04. The molecule has 0 saturated carbocycles. The molecule has 0 spiro atoms. The van der Waals surface area contributed by atoms with Crippen LogP contribution in [0.25, 0.3) is 23.1 Å². The number of aromatic amines is 1. The third-order valence-electron chi connectivity index (χ3n) is 2.28. The summed E-state index contributed by atoms with van der Waals surface area (Å²) in [5.74, 6) is 0. The second kappa shape index (κ2) is 7.72. The molecule has 0 unspecified atom stereocenters. The zero-order chi connectivity index (χ0) is 13.4. The standard InChI is InChI=1S/C12H13N.2C2H6/c1-8(2)12-9(3)13-11-7-5-4-6-10(11)12;2*1-2/h4-7,13H,3H2,1-2H3;2*1-2H3. The molecule has 0 aliphatic heterocycles. The summed E-state index contributed by atoms with van der Waals surface area (Å²) in [6, 6.07) is 8.30. The van der Waals surface area contributed by atoms with E-state index < -0.39 is 0 Å². The molecule has 0 radical (unpaired) electrons. The Morgan fingerprint density at radius 1 is 1.00 bits per heavy atom. The smallest absolute Gasteiger partial charge is 0.0464 e. The second-order valence-corrected chi connectivity index (χ2v) is 3.52. The SMILES string of the molecule is C=c1[nH]c2ccccc2c1=C(C)C.CC.CC. The van der Waals surface area contributed by atoms with Crippen molar-refractivity contribution < 1.29 is 0 Å². The van der Waals surface area contributed by atoms with Crippen LogP contribution in [0.15, 0.2) is 24.3 Å². The molecule has 2 aromatic rings. The molecule has 1 N–H and O–H groups in total. The molecule has 17 heavy (non-hydrogen) atoms. The van der Waals surface area contributed by atoms with Crippen LogP contribution < -0.4 is 10.6 Å². The van der Waals surface area contributed by atoms with Crippen LogP contribution in [0.2, 0.25) is 0 Å². The van der Waals surface area contributed by atoms with Crippen molar-refractivity contribution in [2.75, 3.05) is 0 Å². The highest BCUT2D eigenvalue weighted by atomic mass is 14.7. The first-order chi connectivity index (χ1) is 8.20. The number of fused-ring (bicyclic) bond motifs is 1. The topological polar surface area (TPSA) is 15.8 Å². The normalized spacial score (nSPS) is 8.82. The lowest BCUT2D eigenvalue weighted by atomic mass is 10.1. The Bertz CT molecular complexity index is 542. The minimum atomic E-state index is 1.02. The van der Waals surface area contributed by atoms with Crippen molar-refractivity contribution in [1.29, 1.82) is 0 Å². The number of para-hydroxylation sites is 1. The molecule has 0 aliphatic rings. The van der Waals surface area contributed by atoms with E-state index in [9.17, 15) is 0 Å². The van der Waals surface area contributed by atoms with E-state index in [1.807, 2.05) is 33.8 Å². The summed E-state index contributed by atoms with van der Waals surface area (Å²) in [6.07, 6.45) is 0. The molecule has 0 saturated heterocycles. The Labute approximate surface area is 105 Å². The first kappa shape index (κ1) is 15.5. The lowest BCUT2D eigenvalue weighted by molar-refractivity contribution is 1.35. The maximum Gasteiger partial charge on any atom is 0.0464 e. The number of hydrogen-bond donors (Lipinski definition) is 1. The molecule has 0 atom stereocenters. The summed E-state index contributed by atoms with van der Waals surface area (Å²) < 4.78 is 0. The van der Waals surface area contributed by atoms with Gasteiger partial charge in [0.1, 0.15) is 0 Å². The third kappa shape index (κ3) is 3.48. The number of rotatable bonds is 0. The Morgan fingerprint density at radius 3 is 2.06 bits per heavy atom. The minimum absolute atomic E-state index is 1.02. The van der Waals surface area contributed by atoms with Gasteiger partial charge in [-0.3, -0.25) is 0 Å². The fraction of sp³-hybridized carbons (Fsp3) is 0.375. The van der Waals surface area contributed by atoms with E-state index in [1.165, 1.54) is 21.7 Å². The number of H-pyrrole nitrogens is 1. The molecule has 1 aromatic carbocycles. The molecule has 0 aliphatic carbocycles. The summed E-state index contributed by atoms with van der Waals surface area (Å²) in [5, 5.41) is 3.55. The van der Waals surface area contributed by atoms with E-state index >= 15 is 0 Å². The molecular formula is C16H25N. The van der Waals surface area contributed by atoms with Crippen molar-refractivity contribution in [3.8, 4) is 0 Å². The van der Waals surface area contributed by atoms with Gasteiger partial charge in [0.25, 0.3) is 0 Å². The first-order valence-corrected chi connectivity index (χ1v) is 6.43. The van der Waals surface area contributed by atoms with Crippen molar-refractivity contribution in [3.05, 3.63) is 34.8 Å². The predicted molar refractivity (Wildman–Crippen MR) is 80.5 cm³/mol. The third-order valence-corrected chi connectivity index (χ3v) is 2.28. The molecule has 1 heteroatoms. The van der Waals surface area contributed by atoms with Gasteiger partial charge < -0.3 is 4.98 Å². The molecule has 1 aromatic heterocycles. The maximum absolute atomic E-state index is 4.00. The van der Waals surface area contributed by atoms with Crippen LogP contribution in [0.3, 0.4) is 0 Å². The second-order valence-electron chi connectivity index (χ2n) is 3.52. The summed E-state index contributed by atoms with van der Waals surface area (Å²) in [5.41, 5.74) is 2.48. The van der Waals surface area contributed by atoms with Crippen molar-refractivity contribution in [1.82, 2.24) is 4.98 Å². The van der Waals surface area contributed by atoms with Gasteiger partial charge in [0.05, 0.1) is 0 Å². The molecular weight excluding hydrogens is 206 g/mol. The van der Waals surface area contributed by atoms with Crippen LogP contribution in [-0.2, 0) is 0 Å². The van der Waals surface area contributed by atoms with Gasteiger partial charge in [-0.25, -0.2) is 0 Å². The summed E-state index contributed by atoms with van der Waals surface area (Å²) >= 11 is 0. The average Bonchev–Trinajstić information content (AvgIpc) is 2.70. The average molecular weight is 231 g/mol. The highest BCUT2D eigenvalue weighted by Gasteiger charge is 1.97. The molecule has 0 fully saturated rings. The van der Waals surface area contributed by atoms with Gasteiger partial charge >= 0.3 is 0 Å². The van der Waals surface area contributed by atoms with E-state index in [2.05, 4.69) is 43.6 Å². The molecule has 1 heterocycles. The van der Waals surface area contributed by atoms with Gasteiger partial charge in [-0.15, -0.1) is 0 Å². The number of hydrogen-bond acceptors (Lipinski definition) is 0. The molecule has 1 nitrogen and oxygen atoms in total. The van der Waals surface area contributed by atoms with Gasteiger partial charge in [0.2, 0.25) is 0 Å². The molecule has 0 amide bonds. The van der Waals surface area contributed by atoms with Crippen molar-refractivity contribution in [2.45, 2.75) is 41.5 Å². The number of benzene rings is 1. The van der Waals surface area contributed by atoms with Gasteiger partial charge in [-0.2, -0.15) is 0 Å². The fourth-order valence-electron chi connectivity index (χ4n) is 1.77. The highest BCUT2D eigenvalue weighted by Crippen LogP contribution is 2.04. The zero-order valence-corrected chi connectivity index (χ0v) is 12.0. The fourth-order valence-corrected chi connectivity index (χ4v) is 1.77. The lowest BCUT2D eigenvalue weighted by Gasteiger charge is -1.88. The number of nitrogens with one attached hydrogen (secondary N) is 1. The molecule has 2 rings (SSSR count). The Balaban J connectivity index is 0.000000581. The Hall–Kier alpha value is -1.50. The van der Waals surface area contributed by atoms with Crippen molar-refractivity contribution in [3.63, 3.8) is 0 Å². The predicted octanol–water partition coefficient (Wildman–Crippen LogP) is 3.82. The van der Waals surface area contributed by atoms with Crippen LogP contribution in [0.5, 0.6) is 0 Å². The van der Waals surface area contributed by atoms with Gasteiger partial charge in [-0.05, 0) is 19.9 Å². The van der Waals surface area contributed by atoms with Crippen LogP contribution in [0, 0.1) is 0 Å². The largest absolute Gasteiger partial charge is 0.355 e. The summed E-state index contributed by atoms with van der Waals surface area (Å²) in [4.78, 5) is 3.28. The van der Waals surface area contributed by atoms with Crippen LogP contribution in [0.4, 0.5) is 0 Å². The molecule has 0 bridgehead atoms. The summed E-state index contributed by atoms with van der Waals surface area (Å²) in [6.45, 7) is 16.2. The van der Waals surface area contributed by atoms with Crippen LogP contribution in [0.1, 0.15) is 41.5 Å². The quantitative estimate of drug-likeness (QED) is 0.709. The van der Waals surface area contributed by atoms with Crippen molar-refractivity contribution in [2.24, 2.45) is 0 Å². The van der Waals surface area contributed by atoms with Gasteiger partial charge in [0.15, 0.2) is 0 Å². The first-order valence-electron chi connectivity index (χ1n) is 6.43. The van der Waals surface area contributed by atoms with Crippen LogP contribution >= 0.6 is 0 Å². The van der Waals surface area contributed by atoms with Crippen molar-refractivity contribution >= 4 is 23.1 Å². The van der Waals surface area contributed by atoms with Crippen LogP contribution in [-0.4, -0.2) is 4.98 Å². The van der Waals surface area contributed by atoms with E-state index in [4.69, 9.17) is 0 Å². The Morgan fingerprint density at radius 2 is 1.53 bits per heavy atom. The minimum Gasteiger partial charge on any atom is -0.355 e. The maximum atomic E-state index is 4.00. The van der Waals surface area contributed by atoms with E-state index in [0.717, 1.165) is 5.35 Å². The monoisotopic (exact) mass is 231 g/mol. The van der Waals surface area contributed by atoms with Gasteiger partial charge in [-0.1, -0.05) is 58.0 Å². The lowest BCUT2D eigenvalue weighted by Crippen LogP contribution is -2.22. The van der Waals surface area contributed by atoms with Gasteiger partial charge in [0, 0.05) is 21.5 Å². The zero-order valence-electron chi connectivity index (χ0n) is 12.0. The molecule has 94 valence electrons. The van der Waals surface area contributed by atoms with E-state index in [1.54, 1.807) is 0 Å². The number of aromatic nitrogens is 1. The van der Waals surface area contributed by atoms with E-state index in [0.29, 0.717) is 0 Å². The van der Waals surface area contributed by atoms with E-state index in [-0.39, 0.29) is 0 Å². The summed E-state index contributed by atoms with van der Waals surface area (Å²) in [7, 11) is 0. The highest BCUT2D eigenvalue weighted by molar-refractivity contribution is 5.81.